The largest absolute Gasteiger partial charge is 0.507 e. The summed E-state index contributed by atoms with van der Waals surface area (Å²) in [5.41, 5.74) is 1.53. The van der Waals surface area contributed by atoms with Crippen molar-refractivity contribution in [3.05, 3.63) is 76.3 Å². The average molecular weight is 401 g/mol. The molecule has 0 spiro atoms. The highest BCUT2D eigenvalue weighted by atomic mass is 35.5. The topological polar surface area (TPSA) is 84.6 Å². The van der Waals surface area contributed by atoms with Crippen LogP contribution in [0.5, 0.6) is 11.5 Å². The number of carbonyl (C=O) groups excluding carboxylic acids is 1. The first-order chi connectivity index (χ1) is 13.5. The van der Waals surface area contributed by atoms with E-state index in [4.69, 9.17) is 16.3 Å². The Labute approximate surface area is 168 Å². The predicted octanol–water partition coefficient (Wildman–Crippen LogP) is 3.76. The van der Waals surface area contributed by atoms with Gasteiger partial charge in [-0.2, -0.15) is 0 Å². The first-order valence-electron chi connectivity index (χ1n) is 8.86. The van der Waals surface area contributed by atoms with Crippen molar-refractivity contribution in [2.24, 2.45) is 0 Å². The van der Waals surface area contributed by atoms with Gasteiger partial charge in [-0.25, -0.2) is 9.78 Å². The lowest BCUT2D eigenvalue weighted by Crippen LogP contribution is -2.11. The average Bonchev–Trinajstić information content (AvgIpc) is 3.15. The van der Waals surface area contributed by atoms with Crippen molar-refractivity contribution in [3.63, 3.8) is 0 Å². The number of phenols is 2. The number of aromatic nitrogens is 2. The zero-order chi connectivity index (χ0) is 20.1. The van der Waals surface area contributed by atoms with E-state index in [0.717, 1.165) is 24.9 Å². The van der Waals surface area contributed by atoms with Crippen LogP contribution in [0.15, 0.2) is 48.8 Å². The number of hydrogen-bond donors (Lipinski definition) is 2. The Hall–Kier alpha value is -2.99. The first kappa shape index (κ1) is 19.8. The van der Waals surface area contributed by atoms with E-state index >= 15 is 0 Å². The third-order valence-corrected chi connectivity index (χ3v) is 5.02. The number of methoxy groups -OCH3 is 1. The Balaban J connectivity index is 1.78. The van der Waals surface area contributed by atoms with Gasteiger partial charge < -0.3 is 19.5 Å². The van der Waals surface area contributed by atoms with E-state index in [2.05, 4.69) is 17.1 Å². The van der Waals surface area contributed by atoms with Crippen molar-refractivity contribution >= 4 is 17.6 Å². The Morgan fingerprint density at radius 2 is 1.89 bits per heavy atom. The van der Waals surface area contributed by atoms with Crippen LogP contribution in [0.3, 0.4) is 0 Å². The highest BCUT2D eigenvalue weighted by molar-refractivity contribution is 6.33. The van der Waals surface area contributed by atoms with E-state index in [1.807, 2.05) is 29.0 Å². The van der Waals surface area contributed by atoms with E-state index in [-0.39, 0.29) is 22.1 Å². The van der Waals surface area contributed by atoms with Crippen molar-refractivity contribution in [1.82, 2.24) is 9.55 Å². The molecule has 0 aliphatic carbocycles. The molecular weight excluding hydrogens is 380 g/mol. The van der Waals surface area contributed by atoms with Crippen LogP contribution >= 0.6 is 11.6 Å². The number of esters is 1. The maximum atomic E-state index is 12.1. The molecule has 2 aromatic carbocycles. The van der Waals surface area contributed by atoms with Gasteiger partial charge in [0.05, 0.1) is 12.1 Å². The van der Waals surface area contributed by atoms with Gasteiger partial charge in [0.1, 0.15) is 22.9 Å². The van der Waals surface area contributed by atoms with Crippen molar-refractivity contribution in [1.29, 1.82) is 0 Å². The Morgan fingerprint density at radius 1 is 1.14 bits per heavy atom. The van der Waals surface area contributed by atoms with Gasteiger partial charge in [-0.15, -0.1) is 0 Å². The molecular formula is C21H21ClN2O4. The molecule has 28 heavy (non-hydrogen) atoms. The fourth-order valence-electron chi connectivity index (χ4n) is 3.15. The van der Waals surface area contributed by atoms with Crippen LogP contribution in [-0.2, 0) is 30.5 Å². The zero-order valence-electron chi connectivity index (χ0n) is 15.4. The summed E-state index contributed by atoms with van der Waals surface area (Å²) in [7, 11) is 1.22. The van der Waals surface area contributed by atoms with Gasteiger partial charge in [0.2, 0.25) is 0 Å². The number of carbonyl (C=O) groups is 1. The predicted molar refractivity (Wildman–Crippen MR) is 106 cm³/mol. The standard InChI is InChI=1S/C21H21ClN2O4/c1-28-21(27)19-15(20(22)17(26)13-16(19)25)7-8-18-23-10-12-24(18)11-9-14-5-3-2-4-6-14/h2-6,10,12-13,25-26H,7-9,11H2,1H3. The van der Waals surface area contributed by atoms with Crippen LogP contribution in [0.4, 0.5) is 0 Å². The maximum Gasteiger partial charge on any atom is 0.341 e. The summed E-state index contributed by atoms with van der Waals surface area (Å²) in [6.07, 6.45) is 5.29. The molecule has 3 rings (SSSR count). The van der Waals surface area contributed by atoms with Gasteiger partial charge in [-0.05, 0) is 24.0 Å². The van der Waals surface area contributed by atoms with Gasteiger partial charge in [0.25, 0.3) is 0 Å². The number of rotatable bonds is 7. The number of hydrogen-bond acceptors (Lipinski definition) is 5. The SMILES string of the molecule is COC(=O)c1c(O)cc(O)c(Cl)c1CCc1nccn1CCc1ccccc1. The molecule has 3 aromatic rings. The van der Waals surface area contributed by atoms with Crippen LogP contribution in [0.1, 0.15) is 27.3 Å². The molecule has 146 valence electrons. The summed E-state index contributed by atoms with van der Waals surface area (Å²) in [5.74, 6) is -0.530. The number of nitrogens with zero attached hydrogens (tertiary/aromatic N) is 2. The highest BCUT2D eigenvalue weighted by Crippen LogP contribution is 2.37. The number of halogens is 1. The quantitative estimate of drug-likeness (QED) is 0.590. The van der Waals surface area contributed by atoms with E-state index in [9.17, 15) is 15.0 Å². The van der Waals surface area contributed by atoms with Gasteiger partial charge in [0.15, 0.2) is 0 Å². The van der Waals surface area contributed by atoms with Crippen LogP contribution < -0.4 is 0 Å². The third-order valence-electron chi connectivity index (χ3n) is 4.60. The monoisotopic (exact) mass is 400 g/mol. The van der Waals surface area contributed by atoms with Crippen LogP contribution in [0, 0.1) is 0 Å². The lowest BCUT2D eigenvalue weighted by atomic mass is 10.0. The number of imidazole rings is 1. The summed E-state index contributed by atoms with van der Waals surface area (Å²) in [4.78, 5) is 16.5. The second-order valence-corrected chi connectivity index (χ2v) is 6.72. The molecule has 7 heteroatoms. The summed E-state index contributed by atoms with van der Waals surface area (Å²) in [5, 5.41) is 20.0. The molecule has 0 bridgehead atoms. The van der Waals surface area contributed by atoms with Crippen LogP contribution in [0.25, 0.3) is 0 Å². The maximum absolute atomic E-state index is 12.1. The molecule has 0 aliphatic rings. The van der Waals surface area contributed by atoms with Crippen LogP contribution in [0.2, 0.25) is 5.02 Å². The first-order valence-corrected chi connectivity index (χ1v) is 9.24. The second-order valence-electron chi connectivity index (χ2n) is 6.35. The molecule has 0 aliphatic heterocycles. The van der Waals surface area contributed by atoms with Gasteiger partial charge in [-0.1, -0.05) is 41.9 Å². The smallest absolute Gasteiger partial charge is 0.341 e. The molecule has 0 saturated heterocycles. The van der Waals surface area contributed by atoms with Gasteiger partial charge in [-0.3, -0.25) is 0 Å². The van der Waals surface area contributed by atoms with E-state index in [1.54, 1.807) is 6.20 Å². The molecule has 0 radical (unpaired) electrons. The van der Waals surface area contributed by atoms with Gasteiger partial charge >= 0.3 is 5.97 Å². The number of ether oxygens (including phenoxy) is 1. The third kappa shape index (κ3) is 4.28. The Bertz CT molecular complexity index is 970. The minimum absolute atomic E-state index is 0.0283. The number of benzene rings is 2. The summed E-state index contributed by atoms with van der Waals surface area (Å²) < 4.78 is 6.78. The summed E-state index contributed by atoms with van der Waals surface area (Å²) >= 11 is 6.20. The fraction of sp³-hybridized carbons (Fsp3) is 0.238. The second kappa shape index (κ2) is 8.80. The van der Waals surface area contributed by atoms with Gasteiger partial charge in [0, 0.05) is 31.4 Å². The Kier molecular flexibility index (Phi) is 6.21. The molecule has 0 fully saturated rings. The van der Waals surface area contributed by atoms with Crippen molar-refractivity contribution < 1.29 is 19.7 Å². The molecule has 0 unspecified atom stereocenters. The fourth-order valence-corrected chi connectivity index (χ4v) is 3.39. The van der Waals surface area contributed by atoms with Crippen LogP contribution in [-0.4, -0.2) is 32.8 Å². The molecule has 1 aromatic heterocycles. The zero-order valence-corrected chi connectivity index (χ0v) is 16.2. The molecule has 0 atom stereocenters. The molecule has 2 N–H and O–H groups in total. The van der Waals surface area contributed by atoms with E-state index < -0.39 is 5.97 Å². The number of aromatic hydroxyl groups is 2. The minimum atomic E-state index is -0.707. The highest BCUT2D eigenvalue weighted by Gasteiger charge is 2.23. The lowest BCUT2D eigenvalue weighted by molar-refractivity contribution is 0.0596. The number of aryl methyl sites for hydroxylation is 3. The van der Waals surface area contributed by atoms with E-state index in [1.165, 1.54) is 12.7 Å². The summed E-state index contributed by atoms with van der Waals surface area (Å²) in [6.45, 7) is 0.766. The molecule has 0 amide bonds. The van der Waals surface area contributed by atoms with Crippen molar-refractivity contribution in [3.8, 4) is 11.5 Å². The van der Waals surface area contributed by atoms with Crippen molar-refractivity contribution in [2.45, 2.75) is 25.8 Å². The van der Waals surface area contributed by atoms with Crippen molar-refractivity contribution in [2.75, 3.05) is 7.11 Å². The molecule has 1 heterocycles. The molecule has 6 nitrogen and oxygen atoms in total. The lowest BCUT2D eigenvalue weighted by Gasteiger charge is -2.14. The minimum Gasteiger partial charge on any atom is -0.507 e. The molecule has 0 saturated carbocycles. The van der Waals surface area contributed by atoms with E-state index in [0.29, 0.717) is 18.4 Å². The summed E-state index contributed by atoms with van der Waals surface area (Å²) in [6, 6.07) is 11.2. The normalized spacial score (nSPS) is 10.8. The Morgan fingerprint density at radius 3 is 2.61 bits per heavy atom. The number of phenolic OH excluding ortho intramolecular Hbond substituents is 2.